The van der Waals surface area contributed by atoms with E-state index in [0.29, 0.717) is 27.9 Å². The standard InChI is InChI=1S/C26H26F2N4O3/c1-26(2,34)14-35-17-8-5-15(6-9-17)4-7-16-12-31-24(29-3)21-13-30-22(11-18(16)21)32-25(33)20-10-19(20)23(27)28/h5-6,8-9,11-13,19-20,23,34H,10,14H2,1-3H3,(H,29,31)(H,30,32,33)/t19-,20+/m0/s1. The summed E-state index contributed by atoms with van der Waals surface area (Å²) in [6, 6.07) is 8.85. The summed E-state index contributed by atoms with van der Waals surface area (Å²) in [6.07, 6.45) is 0.884. The van der Waals surface area contributed by atoms with Crippen molar-refractivity contribution >= 4 is 28.3 Å². The summed E-state index contributed by atoms with van der Waals surface area (Å²) in [4.78, 5) is 21.0. The molecule has 0 saturated heterocycles. The fourth-order valence-electron chi connectivity index (χ4n) is 3.55. The third-order valence-electron chi connectivity index (χ3n) is 5.55. The van der Waals surface area contributed by atoms with Gasteiger partial charge in [-0.05, 0) is 50.6 Å². The molecule has 2 atom stereocenters. The number of amides is 1. The summed E-state index contributed by atoms with van der Waals surface area (Å²) in [5, 5.41) is 16.9. The molecule has 3 N–H and O–H groups in total. The number of halogens is 2. The molecule has 0 unspecified atom stereocenters. The number of hydrogen-bond acceptors (Lipinski definition) is 6. The van der Waals surface area contributed by atoms with E-state index in [1.807, 2.05) is 12.1 Å². The van der Waals surface area contributed by atoms with E-state index in [2.05, 4.69) is 32.4 Å². The van der Waals surface area contributed by atoms with E-state index in [1.165, 1.54) is 0 Å². The maximum atomic E-state index is 12.8. The molecule has 3 aromatic rings. The largest absolute Gasteiger partial charge is 0.491 e. The Morgan fingerprint density at radius 1 is 1.20 bits per heavy atom. The molecule has 2 heterocycles. The number of rotatable bonds is 7. The molecule has 1 amide bonds. The first-order valence-corrected chi connectivity index (χ1v) is 11.2. The normalized spacial score (nSPS) is 17.0. The molecule has 1 saturated carbocycles. The summed E-state index contributed by atoms with van der Waals surface area (Å²) in [7, 11) is 1.74. The van der Waals surface area contributed by atoms with Crippen LogP contribution in [0.25, 0.3) is 10.8 Å². The van der Waals surface area contributed by atoms with Gasteiger partial charge in [0.05, 0.1) is 11.2 Å². The Labute approximate surface area is 201 Å². The molecule has 0 bridgehead atoms. The van der Waals surface area contributed by atoms with Gasteiger partial charge in [0.2, 0.25) is 12.3 Å². The highest BCUT2D eigenvalue weighted by Gasteiger charge is 2.48. The highest BCUT2D eigenvalue weighted by molar-refractivity contribution is 5.99. The van der Waals surface area contributed by atoms with Crippen molar-refractivity contribution in [2.75, 3.05) is 24.3 Å². The lowest BCUT2D eigenvalue weighted by Gasteiger charge is -2.17. The van der Waals surface area contributed by atoms with Crippen LogP contribution in [0.15, 0.2) is 42.7 Å². The Morgan fingerprint density at radius 2 is 1.94 bits per heavy atom. The molecule has 1 aliphatic carbocycles. The van der Waals surface area contributed by atoms with Gasteiger partial charge >= 0.3 is 0 Å². The first kappa shape index (κ1) is 24.4. The number of aliphatic hydroxyl groups is 1. The lowest BCUT2D eigenvalue weighted by Crippen LogP contribution is -2.27. The van der Waals surface area contributed by atoms with Gasteiger partial charge in [0.1, 0.15) is 24.0 Å². The van der Waals surface area contributed by atoms with E-state index in [-0.39, 0.29) is 18.8 Å². The average Bonchev–Trinajstić information content (AvgIpc) is 3.63. The van der Waals surface area contributed by atoms with Crippen molar-refractivity contribution in [2.45, 2.75) is 32.3 Å². The molecule has 4 rings (SSSR count). The number of aromatic nitrogens is 2. The van der Waals surface area contributed by atoms with Gasteiger partial charge in [0.15, 0.2) is 0 Å². The highest BCUT2D eigenvalue weighted by Crippen LogP contribution is 2.43. The predicted molar refractivity (Wildman–Crippen MR) is 130 cm³/mol. The summed E-state index contributed by atoms with van der Waals surface area (Å²) < 4.78 is 31.2. The van der Waals surface area contributed by atoms with Crippen LogP contribution in [0.4, 0.5) is 20.4 Å². The Morgan fingerprint density at radius 3 is 2.57 bits per heavy atom. The maximum Gasteiger partial charge on any atom is 0.242 e. The number of alkyl halides is 2. The van der Waals surface area contributed by atoms with E-state index >= 15 is 0 Å². The molecule has 1 aliphatic rings. The summed E-state index contributed by atoms with van der Waals surface area (Å²) >= 11 is 0. The topological polar surface area (TPSA) is 96.4 Å². The molecule has 182 valence electrons. The van der Waals surface area contributed by atoms with Gasteiger partial charge in [-0.1, -0.05) is 11.8 Å². The quantitative estimate of drug-likeness (QED) is 0.442. The molecule has 9 heteroatoms. The monoisotopic (exact) mass is 480 g/mol. The predicted octanol–water partition coefficient (Wildman–Crippen LogP) is 4.06. The van der Waals surface area contributed by atoms with Crippen LogP contribution in [0.2, 0.25) is 0 Å². The molecule has 0 spiro atoms. The number of carbonyl (C=O) groups is 1. The van der Waals surface area contributed by atoms with Crippen LogP contribution in [0.5, 0.6) is 5.75 Å². The minimum atomic E-state index is -2.50. The molecular formula is C26H26F2N4O3. The molecule has 1 aromatic carbocycles. The number of ether oxygens (including phenoxy) is 1. The van der Waals surface area contributed by atoms with E-state index in [0.717, 1.165) is 5.56 Å². The molecule has 0 radical (unpaired) electrons. The Kier molecular flexibility index (Phi) is 6.85. The van der Waals surface area contributed by atoms with Crippen molar-refractivity contribution in [3.05, 3.63) is 53.9 Å². The van der Waals surface area contributed by atoms with E-state index < -0.39 is 29.8 Å². The van der Waals surface area contributed by atoms with Crippen molar-refractivity contribution in [1.29, 1.82) is 0 Å². The smallest absolute Gasteiger partial charge is 0.242 e. The van der Waals surface area contributed by atoms with Gasteiger partial charge in [-0.2, -0.15) is 0 Å². The van der Waals surface area contributed by atoms with Crippen LogP contribution in [0.3, 0.4) is 0 Å². The van der Waals surface area contributed by atoms with Crippen molar-refractivity contribution in [3.63, 3.8) is 0 Å². The van der Waals surface area contributed by atoms with Gasteiger partial charge < -0.3 is 20.5 Å². The molecular weight excluding hydrogens is 454 g/mol. The van der Waals surface area contributed by atoms with Gasteiger partial charge in [-0.15, -0.1) is 0 Å². The summed E-state index contributed by atoms with van der Waals surface area (Å²) in [5.74, 6) is 5.67. The zero-order chi connectivity index (χ0) is 25.2. The van der Waals surface area contributed by atoms with Crippen molar-refractivity contribution in [3.8, 4) is 17.6 Å². The second kappa shape index (κ2) is 9.84. The van der Waals surface area contributed by atoms with Gasteiger partial charge in [-0.3, -0.25) is 4.79 Å². The number of nitrogens with zero attached hydrogens (tertiary/aromatic N) is 2. The van der Waals surface area contributed by atoms with Crippen LogP contribution in [-0.4, -0.2) is 46.7 Å². The molecule has 0 aliphatic heterocycles. The zero-order valence-electron chi connectivity index (χ0n) is 19.6. The van der Waals surface area contributed by atoms with E-state index in [1.54, 1.807) is 51.5 Å². The SMILES string of the molecule is CNc1ncc(C#Cc2ccc(OCC(C)(C)O)cc2)c2cc(NC(=O)[C@@H]3C[C@@H]3C(F)F)ncc12. The number of hydrogen-bond donors (Lipinski definition) is 3. The number of pyridine rings is 2. The fraction of sp³-hybridized carbons (Fsp3) is 0.346. The first-order chi connectivity index (χ1) is 16.6. The maximum absolute atomic E-state index is 12.8. The zero-order valence-corrected chi connectivity index (χ0v) is 19.6. The van der Waals surface area contributed by atoms with Crippen LogP contribution >= 0.6 is 0 Å². The van der Waals surface area contributed by atoms with Gasteiger partial charge in [0, 0.05) is 47.6 Å². The van der Waals surface area contributed by atoms with Crippen molar-refractivity contribution in [1.82, 2.24) is 9.97 Å². The van der Waals surface area contributed by atoms with Gasteiger partial charge in [-0.25, -0.2) is 18.7 Å². The van der Waals surface area contributed by atoms with Crippen molar-refractivity contribution < 1.29 is 23.4 Å². The van der Waals surface area contributed by atoms with Crippen LogP contribution in [0, 0.1) is 23.7 Å². The highest BCUT2D eigenvalue weighted by atomic mass is 19.3. The van der Waals surface area contributed by atoms with Gasteiger partial charge in [0.25, 0.3) is 0 Å². The minimum absolute atomic E-state index is 0.171. The van der Waals surface area contributed by atoms with Crippen LogP contribution < -0.4 is 15.4 Å². The number of benzene rings is 1. The third-order valence-corrected chi connectivity index (χ3v) is 5.55. The molecule has 2 aromatic heterocycles. The number of carbonyl (C=O) groups excluding carboxylic acids is 1. The minimum Gasteiger partial charge on any atom is -0.491 e. The average molecular weight is 481 g/mol. The summed E-state index contributed by atoms with van der Waals surface area (Å²) in [6.45, 7) is 3.51. The van der Waals surface area contributed by atoms with Crippen LogP contribution in [-0.2, 0) is 4.79 Å². The number of fused-ring (bicyclic) bond motifs is 1. The molecule has 35 heavy (non-hydrogen) atoms. The summed E-state index contributed by atoms with van der Waals surface area (Å²) in [5.41, 5.74) is 0.444. The molecule has 1 fully saturated rings. The van der Waals surface area contributed by atoms with E-state index in [4.69, 9.17) is 4.74 Å². The Hall–Kier alpha value is -3.77. The Balaban J connectivity index is 1.56. The second-order valence-electron chi connectivity index (χ2n) is 9.09. The second-order valence-corrected chi connectivity index (χ2v) is 9.09. The van der Waals surface area contributed by atoms with E-state index in [9.17, 15) is 18.7 Å². The number of nitrogens with one attached hydrogen (secondary N) is 2. The third kappa shape index (κ3) is 6.03. The fourth-order valence-corrected chi connectivity index (χ4v) is 3.55. The number of anilines is 2. The van der Waals surface area contributed by atoms with Crippen LogP contribution in [0.1, 0.15) is 31.4 Å². The molecule has 7 nitrogen and oxygen atoms in total. The lowest BCUT2D eigenvalue weighted by molar-refractivity contribution is -0.118. The lowest BCUT2D eigenvalue weighted by atomic mass is 10.1. The van der Waals surface area contributed by atoms with Crippen molar-refractivity contribution in [2.24, 2.45) is 11.8 Å². The first-order valence-electron chi connectivity index (χ1n) is 11.2. The Bertz CT molecular complexity index is 1290.